The zero-order valence-electron chi connectivity index (χ0n) is 23.9. The molecule has 214 valence electrons. The van der Waals surface area contributed by atoms with Crippen LogP contribution in [0.3, 0.4) is 0 Å². The summed E-state index contributed by atoms with van der Waals surface area (Å²) in [6.45, 7) is 5.86. The van der Waals surface area contributed by atoms with E-state index in [1.54, 1.807) is 11.3 Å². The molecule has 2 aromatic carbocycles. The molecule has 0 saturated carbocycles. The number of para-hydroxylation sites is 1. The molecule has 3 rings (SSSR count). The standard InChI is InChI=1S/C33H46N2O2S.BrH/c1-3-4-5-6-7-8-9-10-11-12-13-16-22-37-31-20-17-18-29(23-31)24-33(36)34-32-21-15-14-19-30(32)25-35-27-38-26-28(35)2;/h14-15,17-21,23,26-27H,3-13,16,22,24-25H2,1-2H3;1H. The number of rotatable bonds is 19. The maximum absolute atomic E-state index is 12.8. The van der Waals surface area contributed by atoms with Crippen molar-refractivity contribution in [2.45, 2.75) is 104 Å². The van der Waals surface area contributed by atoms with Crippen LogP contribution in [0.1, 0.15) is 101 Å². The molecule has 0 spiro atoms. The van der Waals surface area contributed by atoms with Gasteiger partial charge in [-0.05, 0) is 30.2 Å². The van der Waals surface area contributed by atoms with Gasteiger partial charge in [-0.15, -0.1) is 0 Å². The molecule has 0 saturated heterocycles. The number of anilines is 1. The first-order chi connectivity index (χ1) is 18.7. The number of hydrogen-bond donors (Lipinski definition) is 1. The van der Waals surface area contributed by atoms with Gasteiger partial charge in [-0.1, -0.05) is 119 Å². The summed E-state index contributed by atoms with van der Waals surface area (Å²) >= 11 is 1.69. The van der Waals surface area contributed by atoms with Gasteiger partial charge in [-0.3, -0.25) is 4.79 Å². The quantitative estimate of drug-likeness (QED) is 0.140. The number of amides is 1. The number of halogens is 1. The molecule has 0 aliphatic heterocycles. The zero-order valence-corrected chi connectivity index (χ0v) is 26.3. The van der Waals surface area contributed by atoms with Gasteiger partial charge in [0.2, 0.25) is 11.4 Å². The van der Waals surface area contributed by atoms with Crippen LogP contribution in [0.2, 0.25) is 0 Å². The van der Waals surface area contributed by atoms with Crippen LogP contribution >= 0.6 is 11.3 Å². The Labute approximate surface area is 251 Å². The molecule has 0 unspecified atom stereocenters. The van der Waals surface area contributed by atoms with Crippen molar-refractivity contribution in [3.05, 3.63) is 76.2 Å². The van der Waals surface area contributed by atoms with Crippen LogP contribution in [0.4, 0.5) is 5.69 Å². The average Bonchev–Trinajstić information content (AvgIpc) is 3.32. The molecule has 4 nitrogen and oxygen atoms in total. The monoisotopic (exact) mass is 614 g/mol. The SMILES string of the molecule is CCCCCCCCCCCCCCOc1cccc(CC(=O)Nc2ccccc2C[n+]2cscc2C)c1.[Br-]. The summed E-state index contributed by atoms with van der Waals surface area (Å²) in [4.78, 5) is 12.8. The second kappa shape index (κ2) is 19.8. The summed E-state index contributed by atoms with van der Waals surface area (Å²) in [5.74, 6) is 0.839. The summed E-state index contributed by atoms with van der Waals surface area (Å²) < 4.78 is 8.20. The van der Waals surface area contributed by atoms with Crippen molar-refractivity contribution < 1.29 is 31.1 Å². The Bertz CT molecular complexity index is 1080. The van der Waals surface area contributed by atoms with Crippen molar-refractivity contribution in [1.82, 2.24) is 0 Å². The number of thiazole rings is 1. The van der Waals surface area contributed by atoms with E-state index in [0.29, 0.717) is 6.42 Å². The van der Waals surface area contributed by atoms with Gasteiger partial charge in [0.25, 0.3) is 0 Å². The van der Waals surface area contributed by atoms with E-state index in [-0.39, 0.29) is 22.9 Å². The molecule has 1 aromatic heterocycles. The first-order valence-electron chi connectivity index (χ1n) is 14.7. The lowest BCUT2D eigenvalue weighted by Gasteiger charge is -2.11. The molecule has 39 heavy (non-hydrogen) atoms. The molecule has 0 radical (unpaired) electrons. The molecular weight excluding hydrogens is 568 g/mol. The Hall–Kier alpha value is -2.18. The number of aryl methyl sites for hydroxylation is 1. The van der Waals surface area contributed by atoms with Gasteiger partial charge in [0.15, 0.2) is 12.2 Å². The predicted molar refractivity (Wildman–Crippen MR) is 160 cm³/mol. The molecule has 0 fully saturated rings. The van der Waals surface area contributed by atoms with Crippen LogP contribution in [0.25, 0.3) is 0 Å². The van der Waals surface area contributed by atoms with Crippen molar-refractivity contribution in [1.29, 1.82) is 0 Å². The second-order valence-corrected chi connectivity index (χ2v) is 11.1. The number of carbonyl (C=O) groups is 1. The molecule has 1 amide bonds. The highest BCUT2D eigenvalue weighted by atomic mass is 79.9. The number of nitrogens with one attached hydrogen (secondary N) is 1. The zero-order chi connectivity index (χ0) is 26.8. The fourth-order valence-corrected chi connectivity index (χ4v) is 5.52. The minimum atomic E-state index is -0.0115. The van der Waals surface area contributed by atoms with Gasteiger partial charge >= 0.3 is 0 Å². The molecule has 1 heterocycles. The first kappa shape index (κ1) is 33.0. The van der Waals surface area contributed by atoms with Crippen molar-refractivity contribution in [3.63, 3.8) is 0 Å². The summed E-state index contributed by atoms with van der Waals surface area (Å²) in [6, 6.07) is 16.0. The van der Waals surface area contributed by atoms with Gasteiger partial charge < -0.3 is 27.0 Å². The Balaban J connectivity index is 0.00000533. The molecule has 0 atom stereocenters. The third-order valence-corrected chi connectivity index (χ3v) is 7.90. The van der Waals surface area contributed by atoms with Gasteiger partial charge in [-0.25, -0.2) is 0 Å². The number of hydrogen-bond acceptors (Lipinski definition) is 3. The summed E-state index contributed by atoms with van der Waals surface area (Å²) in [5.41, 5.74) is 6.27. The summed E-state index contributed by atoms with van der Waals surface area (Å²) in [5, 5.41) is 5.25. The normalized spacial score (nSPS) is 10.7. The lowest BCUT2D eigenvalue weighted by atomic mass is 10.1. The van der Waals surface area contributed by atoms with Crippen LogP contribution in [-0.4, -0.2) is 12.5 Å². The number of nitrogens with zero attached hydrogens (tertiary/aromatic N) is 1. The molecule has 0 aliphatic carbocycles. The number of unbranched alkanes of at least 4 members (excludes halogenated alkanes) is 11. The fourth-order valence-electron chi connectivity index (χ4n) is 4.74. The van der Waals surface area contributed by atoms with E-state index in [1.807, 2.05) is 42.5 Å². The third-order valence-electron chi connectivity index (χ3n) is 7.04. The minimum Gasteiger partial charge on any atom is -1.00 e. The largest absolute Gasteiger partial charge is 1.00 e. The van der Waals surface area contributed by atoms with E-state index in [4.69, 9.17) is 4.74 Å². The van der Waals surface area contributed by atoms with Crippen LogP contribution in [-0.2, 0) is 17.8 Å². The smallest absolute Gasteiger partial charge is 0.228 e. The number of aromatic nitrogens is 1. The highest BCUT2D eigenvalue weighted by molar-refractivity contribution is 7.07. The van der Waals surface area contributed by atoms with E-state index in [1.165, 1.54) is 76.3 Å². The fraction of sp³-hybridized carbons (Fsp3) is 0.515. The van der Waals surface area contributed by atoms with E-state index < -0.39 is 0 Å². The topological polar surface area (TPSA) is 42.2 Å². The van der Waals surface area contributed by atoms with Gasteiger partial charge in [0, 0.05) is 12.5 Å². The third kappa shape index (κ3) is 13.1. The maximum atomic E-state index is 12.8. The molecule has 3 aromatic rings. The number of carbonyl (C=O) groups excluding carboxylic acids is 1. The molecule has 0 aliphatic rings. The average molecular weight is 616 g/mol. The van der Waals surface area contributed by atoms with Gasteiger partial charge in [0.05, 0.1) is 24.1 Å². The van der Waals surface area contributed by atoms with Crippen LogP contribution < -0.4 is 31.6 Å². The van der Waals surface area contributed by atoms with E-state index in [0.717, 1.165) is 42.1 Å². The van der Waals surface area contributed by atoms with E-state index in [2.05, 4.69) is 40.7 Å². The number of ether oxygens (including phenoxy) is 1. The van der Waals surface area contributed by atoms with Crippen LogP contribution in [0, 0.1) is 6.92 Å². The van der Waals surface area contributed by atoms with Crippen molar-refractivity contribution in [2.24, 2.45) is 0 Å². The van der Waals surface area contributed by atoms with Crippen LogP contribution in [0.15, 0.2) is 59.4 Å². The Kier molecular flexibility index (Phi) is 16.8. The van der Waals surface area contributed by atoms with E-state index >= 15 is 0 Å². The van der Waals surface area contributed by atoms with Crippen molar-refractivity contribution >= 4 is 22.9 Å². The second-order valence-electron chi connectivity index (χ2n) is 10.4. The lowest BCUT2D eigenvalue weighted by molar-refractivity contribution is -0.689. The number of benzene rings is 2. The molecule has 6 heteroatoms. The predicted octanol–water partition coefficient (Wildman–Crippen LogP) is 5.66. The Morgan fingerprint density at radius 1 is 0.872 bits per heavy atom. The summed E-state index contributed by atoms with van der Waals surface area (Å²) in [7, 11) is 0. The van der Waals surface area contributed by atoms with E-state index in [9.17, 15) is 4.79 Å². The highest BCUT2D eigenvalue weighted by Crippen LogP contribution is 2.18. The molecular formula is C33H47BrN2O2S. The molecule has 0 bridgehead atoms. The van der Waals surface area contributed by atoms with Crippen molar-refractivity contribution in [3.8, 4) is 5.75 Å². The Morgan fingerprint density at radius 3 is 2.21 bits per heavy atom. The maximum Gasteiger partial charge on any atom is 0.228 e. The minimum absolute atomic E-state index is 0. The summed E-state index contributed by atoms with van der Waals surface area (Å²) in [6.07, 6.45) is 16.4. The molecule has 1 N–H and O–H groups in total. The lowest BCUT2D eigenvalue weighted by Crippen LogP contribution is -3.00. The Morgan fingerprint density at radius 2 is 1.54 bits per heavy atom. The highest BCUT2D eigenvalue weighted by Gasteiger charge is 2.13. The first-order valence-corrected chi connectivity index (χ1v) is 15.6. The van der Waals surface area contributed by atoms with Gasteiger partial charge in [-0.2, -0.15) is 4.57 Å². The van der Waals surface area contributed by atoms with Crippen LogP contribution in [0.5, 0.6) is 5.75 Å². The van der Waals surface area contributed by atoms with Crippen molar-refractivity contribution in [2.75, 3.05) is 11.9 Å². The van der Waals surface area contributed by atoms with Gasteiger partial charge in [0.1, 0.15) is 5.75 Å².